The maximum absolute atomic E-state index is 14.6. The molecule has 1 fully saturated rings. The SMILES string of the molecule is COc1ccc(COCc2cnc(Cl)nc2Oc2cc(-c3cc4c([nH]3)C3(CCCN(C(=O)OC(C)(C)C)C3)CN(Cc3c(OC)cc(OC)cc3OC)C4=O)ccn2)cc1. The third-order valence-electron chi connectivity index (χ3n) is 10.5. The first kappa shape index (κ1) is 42.1. The Labute approximate surface area is 353 Å². The van der Waals surface area contributed by atoms with E-state index in [4.69, 9.17) is 44.8 Å². The zero-order chi connectivity index (χ0) is 42.6. The number of ether oxygens (including phenoxy) is 7. The second-order valence-corrected chi connectivity index (χ2v) is 16.1. The third kappa shape index (κ3) is 9.21. The zero-order valence-electron chi connectivity index (χ0n) is 34.8. The van der Waals surface area contributed by atoms with E-state index in [1.807, 2.05) is 57.2 Å². The van der Waals surface area contributed by atoms with E-state index in [0.717, 1.165) is 17.0 Å². The highest BCUT2D eigenvalue weighted by atomic mass is 35.5. The van der Waals surface area contributed by atoms with Gasteiger partial charge in [0.25, 0.3) is 5.91 Å². The first-order chi connectivity index (χ1) is 28.8. The first-order valence-electron chi connectivity index (χ1n) is 19.5. The molecule has 2 aliphatic heterocycles. The number of pyridine rings is 1. The smallest absolute Gasteiger partial charge is 0.410 e. The summed E-state index contributed by atoms with van der Waals surface area (Å²) in [6, 6.07) is 16.6. The number of hydrogen-bond acceptors (Lipinski definition) is 12. The van der Waals surface area contributed by atoms with Gasteiger partial charge >= 0.3 is 6.09 Å². The molecule has 0 radical (unpaired) electrons. The molecule has 1 unspecified atom stereocenters. The van der Waals surface area contributed by atoms with E-state index in [1.165, 1.54) is 0 Å². The van der Waals surface area contributed by atoms with E-state index in [2.05, 4.69) is 19.9 Å². The van der Waals surface area contributed by atoms with Crippen LogP contribution in [0.15, 0.2) is 67.0 Å². The molecule has 7 rings (SSSR count). The van der Waals surface area contributed by atoms with Crippen LogP contribution in [-0.4, -0.2) is 95.4 Å². The number of aromatic nitrogens is 4. The number of hydrogen-bond donors (Lipinski definition) is 1. The number of carbonyl (C=O) groups is 2. The molecule has 0 bridgehead atoms. The lowest BCUT2D eigenvalue weighted by Crippen LogP contribution is -2.58. The van der Waals surface area contributed by atoms with Gasteiger partial charge < -0.3 is 47.9 Å². The number of methoxy groups -OCH3 is 4. The Kier molecular flexibility index (Phi) is 12.4. The number of benzene rings is 2. The number of carbonyl (C=O) groups excluding carboxylic acids is 2. The highest BCUT2D eigenvalue weighted by molar-refractivity contribution is 6.28. The van der Waals surface area contributed by atoms with Crippen LogP contribution < -0.4 is 23.7 Å². The Morgan fingerprint density at radius 2 is 1.63 bits per heavy atom. The van der Waals surface area contributed by atoms with Crippen LogP contribution in [0.4, 0.5) is 4.79 Å². The third-order valence-corrected chi connectivity index (χ3v) is 10.7. The summed E-state index contributed by atoms with van der Waals surface area (Å²) in [4.78, 5) is 48.2. The average Bonchev–Trinajstić information content (AvgIpc) is 3.71. The summed E-state index contributed by atoms with van der Waals surface area (Å²) in [5, 5.41) is 0.00301. The van der Waals surface area contributed by atoms with Crippen molar-refractivity contribution in [2.45, 2.75) is 64.4 Å². The molecule has 1 saturated heterocycles. The topological polar surface area (TPSA) is 160 Å². The molecule has 5 heterocycles. The van der Waals surface area contributed by atoms with Crippen LogP contribution in [0.2, 0.25) is 5.28 Å². The Morgan fingerprint density at radius 3 is 2.32 bits per heavy atom. The summed E-state index contributed by atoms with van der Waals surface area (Å²) in [7, 11) is 6.32. The molecular formula is C44H49ClN6O9. The minimum Gasteiger partial charge on any atom is -0.497 e. The number of likely N-dealkylation sites (tertiary alicyclic amines) is 1. The average molecular weight is 841 g/mol. The number of piperidine rings is 1. The highest BCUT2D eigenvalue weighted by Gasteiger charge is 2.49. The molecule has 0 aliphatic carbocycles. The standard InChI is InChI=1S/C44H49ClN6O9/c1-43(2,3)60-42(53)50-16-8-14-44(25-50)26-51(22-33-35(56-6)18-31(55-5)19-36(33)57-7)40(52)32-20-34(48-38(32)44)28-13-15-46-37(17-28)59-39-29(21-47-41(45)49-39)24-58-23-27-9-11-30(54-4)12-10-27/h9-13,15,17-21,48H,8,14,16,22-26H2,1-7H3. The normalized spacial score (nSPS) is 16.4. The summed E-state index contributed by atoms with van der Waals surface area (Å²) in [5.74, 6) is 2.61. The van der Waals surface area contributed by atoms with Gasteiger partial charge in [0.05, 0.1) is 64.9 Å². The lowest BCUT2D eigenvalue weighted by Gasteiger charge is -2.47. The van der Waals surface area contributed by atoms with Crippen molar-refractivity contribution in [1.82, 2.24) is 29.7 Å². The number of nitrogens with one attached hydrogen (secondary N) is 1. The van der Waals surface area contributed by atoms with Crippen LogP contribution in [0.3, 0.4) is 0 Å². The lowest BCUT2D eigenvalue weighted by atomic mass is 9.73. The van der Waals surface area contributed by atoms with Crippen LogP contribution in [0.25, 0.3) is 11.3 Å². The van der Waals surface area contributed by atoms with Crippen molar-refractivity contribution in [2.24, 2.45) is 0 Å². The largest absolute Gasteiger partial charge is 0.497 e. The van der Waals surface area contributed by atoms with E-state index in [9.17, 15) is 9.59 Å². The Balaban J connectivity index is 1.20. The van der Waals surface area contributed by atoms with Crippen molar-refractivity contribution in [3.8, 4) is 46.0 Å². The van der Waals surface area contributed by atoms with E-state index in [0.29, 0.717) is 84.3 Å². The zero-order valence-corrected chi connectivity index (χ0v) is 35.6. The first-order valence-corrected chi connectivity index (χ1v) is 19.9. The molecule has 0 saturated carbocycles. The predicted molar refractivity (Wildman–Crippen MR) is 222 cm³/mol. The van der Waals surface area contributed by atoms with Crippen molar-refractivity contribution in [3.63, 3.8) is 0 Å². The fourth-order valence-corrected chi connectivity index (χ4v) is 7.80. The fourth-order valence-electron chi connectivity index (χ4n) is 7.67. The minimum absolute atomic E-state index is 0.00301. The number of fused-ring (bicyclic) bond motifs is 2. The Morgan fingerprint density at radius 1 is 0.900 bits per heavy atom. The molecule has 3 aromatic heterocycles. The van der Waals surface area contributed by atoms with Crippen LogP contribution in [0.5, 0.6) is 34.8 Å². The van der Waals surface area contributed by atoms with Gasteiger partial charge in [0.15, 0.2) is 0 Å². The molecule has 16 heteroatoms. The molecule has 1 spiro atoms. The van der Waals surface area contributed by atoms with Gasteiger partial charge in [0.2, 0.25) is 17.0 Å². The van der Waals surface area contributed by atoms with E-state index in [-0.39, 0.29) is 36.1 Å². The van der Waals surface area contributed by atoms with Gasteiger partial charge in [-0.05, 0) is 75.0 Å². The van der Waals surface area contributed by atoms with Crippen molar-refractivity contribution >= 4 is 23.6 Å². The molecule has 60 heavy (non-hydrogen) atoms. The molecule has 15 nitrogen and oxygen atoms in total. The molecule has 5 aromatic rings. The van der Waals surface area contributed by atoms with Gasteiger partial charge in [-0.25, -0.2) is 14.8 Å². The van der Waals surface area contributed by atoms with Crippen LogP contribution >= 0.6 is 11.6 Å². The maximum atomic E-state index is 14.6. The van der Waals surface area contributed by atoms with E-state index < -0.39 is 17.1 Å². The number of H-pyrrole nitrogens is 1. The van der Waals surface area contributed by atoms with Gasteiger partial charge in [0, 0.05) is 72.6 Å². The number of halogens is 1. The van der Waals surface area contributed by atoms with E-state index >= 15 is 0 Å². The maximum Gasteiger partial charge on any atom is 0.410 e. The van der Waals surface area contributed by atoms with Crippen LogP contribution in [0.1, 0.15) is 66.4 Å². The summed E-state index contributed by atoms with van der Waals surface area (Å²) < 4.78 is 40.3. The Hall–Kier alpha value is -6.06. The monoisotopic (exact) mass is 840 g/mol. The van der Waals surface area contributed by atoms with Crippen LogP contribution in [0, 0.1) is 0 Å². The molecule has 1 N–H and O–H groups in total. The number of aromatic amines is 1. The molecule has 2 aromatic carbocycles. The molecule has 2 amide bonds. The lowest BCUT2D eigenvalue weighted by molar-refractivity contribution is 0.00818. The van der Waals surface area contributed by atoms with Gasteiger partial charge in [-0.1, -0.05) is 12.1 Å². The second kappa shape index (κ2) is 17.7. The summed E-state index contributed by atoms with van der Waals surface area (Å²) in [5.41, 5.74) is 3.50. The van der Waals surface area contributed by atoms with Gasteiger partial charge in [-0.3, -0.25) is 4.79 Å². The van der Waals surface area contributed by atoms with Gasteiger partial charge in [-0.15, -0.1) is 0 Å². The van der Waals surface area contributed by atoms with Crippen molar-refractivity contribution in [1.29, 1.82) is 0 Å². The summed E-state index contributed by atoms with van der Waals surface area (Å²) in [6.07, 6.45) is 4.18. The summed E-state index contributed by atoms with van der Waals surface area (Å²) >= 11 is 6.21. The molecule has 1 atom stereocenters. The van der Waals surface area contributed by atoms with Crippen molar-refractivity contribution < 1.29 is 42.7 Å². The van der Waals surface area contributed by atoms with E-state index in [1.54, 1.807) is 68.8 Å². The fraction of sp³-hybridized carbons (Fsp3) is 0.386. The second-order valence-electron chi connectivity index (χ2n) is 15.7. The quantitative estimate of drug-likeness (QED) is 0.114. The van der Waals surface area contributed by atoms with Gasteiger partial charge in [-0.2, -0.15) is 4.98 Å². The van der Waals surface area contributed by atoms with Crippen LogP contribution in [-0.2, 0) is 34.6 Å². The molecule has 316 valence electrons. The predicted octanol–water partition coefficient (Wildman–Crippen LogP) is 7.99. The van der Waals surface area contributed by atoms with Crippen molar-refractivity contribution in [3.05, 3.63) is 100 Å². The van der Waals surface area contributed by atoms with Gasteiger partial charge in [0.1, 0.15) is 28.6 Å². The number of nitrogens with zero attached hydrogens (tertiary/aromatic N) is 5. The molecule has 2 aliphatic rings. The Bertz CT molecular complexity index is 2320. The number of amides is 2. The minimum atomic E-state index is -0.675. The molecular weight excluding hydrogens is 792 g/mol. The van der Waals surface area contributed by atoms with Crippen molar-refractivity contribution in [2.75, 3.05) is 48.1 Å². The summed E-state index contributed by atoms with van der Waals surface area (Å²) in [6.45, 7) is 7.40. The number of rotatable bonds is 13. The highest BCUT2D eigenvalue weighted by Crippen LogP contribution is 2.44.